The van der Waals surface area contributed by atoms with Crippen molar-refractivity contribution in [3.63, 3.8) is 0 Å². The summed E-state index contributed by atoms with van der Waals surface area (Å²) in [5, 5.41) is 6.98. The van der Waals surface area contributed by atoms with Gasteiger partial charge in [0.25, 0.3) is 0 Å². The highest BCUT2D eigenvalue weighted by atomic mass is 127. The van der Waals surface area contributed by atoms with E-state index in [4.69, 9.17) is 9.47 Å². The number of pyridine rings is 1. The maximum Gasteiger partial charge on any atom is 0.224 e. The number of hydrogen-bond donors (Lipinski definition) is 2. The first-order chi connectivity index (χ1) is 15.7. The number of piperidine rings is 1. The number of nitrogens with one attached hydrogen (secondary N) is 2. The van der Waals surface area contributed by atoms with E-state index in [0.29, 0.717) is 25.1 Å². The van der Waals surface area contributed by atoms with Gasteiger partial charge in [-0.3, -0.25) is 4.99 Å². The van der Waals surface area contributed by atoms with Crippen LogP contribution in [0.1, 0.15) is 45.1 Å². The van der Waals surface area contributed by atoms with Gasteiger partial charge in [0.05, 0.1) is 6.61 Å². The highest BCUT2D eigenvalue weighted by Gasteiger charge is 2.19. The molecule has 0 bridgehead atoms. The quantitative estimate of drug-likeness (QED) is 0.244. The lowest BCUT2D eigenvalue weighted by atomic mass is 10.1. The lowest BCUT2D eigenvalue weighted by molar-refractivity contribution is 0.206. The summed E-state index contributed by atoms with van der Waals surface area (Å²) in [5.41, 5.74) is 0.972. The van der Waals surface area contributed by atoms with Gasteiger partial charge in [0, 0.05) is 44.5 Å². The summed E-state index contributed by atoms with van der Waals surface area (Å²) in [7, 11) is 1.81. The minimum absolute atomic E-state index is 0. The standard InChI is InChI=1S/C25H37N5O2.HI/c1-4-15-30-16-12-21(13-17-30)29-25(26-3)28-19-20-7-6-14-27-24(20)32-23-10-8-22(9-11-23)31-18-5-2;/h6-11,14,21H,4-5,12-13,15-19H2,1-3H3,(H2,26,28,29);1H. The number of guanidine groups is 1. The van der Waals surface area contributed by atoms with Crippen molar-refractivity contribution in [1.82, 2.24) is 20.5 Å². The molecule has 7 nitrogen and oxygen atoms in total. The van der Waals surface area contributed by atoms with E-state index in [9.17, 15) is 0 Å². The molecule has 2 aromatic rings. The first-order valence-corrected chi connectivity index (χ1v) is 11.8. The van der Waals surface area contributed by atoms with Crippen LogP contribution in [-0.4, -0.2) is 55.2 Å². The minimum atomic E-state index is 0. The Labute approximate surface area is 215 Å². The maximum atomic E-state index is 6.05. The Morgan fingerprint density at radius 1 is 1.09 bits per heavy atom. The molecule has 1 fully saturated rings. The fourth-order valence-corrected chi connectivity index (χ4v) is 3.77. The van der Waals surface area contributed by atoms with Crippen LogP contribution in [0.4, 0.5) is 0 Å². The molecule has 0 unspecified atom stereocenters. The molecule has 0 atom stereocenters. The molecule has 3 rings (SSSR count). The van der Waals surface area contributed by atoms with E-state index in [1.165, 1.54) is 13.0 Å². The second-order valence-corrected chi connectivity index (χ2v) is 8.08. The molecule has 0 radical (unpaired) electrons. The fourth-order valence-electron chi connectivity index (χ4n) is 3.77. The molecule has 182 valence electrons. The third-order valence-electron chi connectivity index (χ3n) is 5.50. The molecule has 0 saturated carbocycles. The van der Waals surface area contributed by atoms with Gasteiger partial charge in [0.1, 0.15) is 11.5 Å². The van der Waals surface area contributed by atoms with Crippen molar-refractivity contribution >= 4 is 29.9 Å². The van der Waals surface area contributed by atoms with E-state index in [0.717, 1.165) is 55.4 Å². The van der Waals surface area contributed by atoms with E-state index < -0.39 is 0 Å². The highest BCUT2D eigenvalue weighted by molar-refractivity contribution is 14.0. The summed E-state index contributed by atoms with van der Waals surface area (Å²) in [4.78, 5) is 11.4. The van der Waals surface area contributed by atoms with Gasteiger partial charge < -0.3 is 25.0 Å². The predicted molar refractivity (Wildman–Crippen MR) is 145 cm³/mol. The van der Waals surface area contributed by atoms with Gasteiger partial charge >= 0.3 is 0 Å². The number of aromatic nitrogens is 1. The molecule has 8 heteroatoms. The third-order valence-corrected chi connectivity index (χ3v) is 5.50. The molecule has 1 aliphatic heterocycles. The van der Waals surface area contributed by atoms with E-state index in [1.807, 2.05) is 43.4 Å². The van der Waals surface area contributed by atoms with Crippen molar-refractivity contribution in [1.29, 1.82) is 0 Å². The molecule has 0 spiro atoms. The van der Waals surface area contributed by atoms with E-state index >= 15 is 0 Å². The normalized spacial score (nSPS) is 14.9. The van der Waals surface area contributed by atoms with Crippen LogP contribution in [-0.2, 0) is 6.54 Å². The van der Waals surface area contributed by atoms with Gasteiger partial charge in [-0.15, -0.1) is 24.0 Å². The van der Waals surface area contributed by atoms with Gasteiger partial charge in [-0.05, 0) is 62.6 Å². The average Bonchev–Trinajstić information content (AvgIpc) is 2.83. The number of benzene rings is 1. The third kappa shape index (κ3) is 9.00. The van der Waals surface area contributed by atoms with Crippen molar-refractivity contribution in [2.45, 2.75) is 52.1 Å². The second-order valence-electron chi connectivity index (χ2n) is 8.08. The molecule has 1 aliphatic rings. The summed E-state index contributed by atoms with van der Waals surface area (Å²) in [6.07, 6.45) is 6.22. The van der Waals surface area contributed by atoms with Crippen LogP contribution in [0.3, 0.4) is 0 Å². The number of aliphatic imine (C=N–C) groups is 1. The van der Waals surface area contributed by atoms with Crippen LogP contribution in [0.25, 0.3) is 0 Å². The van der Waals surface area contributed by atoms with Crippen LogP contribution in [0.15, 0.2) is 47.6 Å². The Balaban J connectivity index is 0.00000385. The number of hydrogen-bond acceptors (Lipinski definition) is 5. The number of halogens is 1. The van der Waals surface area contributed by atoms with Crippen LogP contribution in [0.5, 0.6) is 17.4 Å². The minimum Gasteiger partial charge on any atom is -0.494 e. The Morgan fingerprint density at radius 2 is 1.82 bits per heavy atom. The molecule has 1 aromatic carbocycles. The lowest BCUT2D eigenvalue weighted by Gasteiger charge is -2.32. The molecule has 1 saturated heterocycles. The molecule has 0 amide bonds. The summed E-state index contributed by atoms with van der Waals surface area (Å²) >= 11 is 0. The van der Waals surface area contributed by atoms with Crippen LogP contribution < -0.4 is 20.1 Å². The lowest BCUT2D eigenvalue weighted by Crippen LogP contribution is -2.48. The maximum absolute atomic E-state index is 6.05. The Morgan fingerprint density at radius 3 is 2.48 bits per heavy atom. The molecule has 0 aliphatic carbocycles. The molecule has 2 N–H and O–H groups in total. The van der Waals surface area contributed by atoms with E-state index in [-0.39, 0.29) is 24.0 Å². The zero-order chi connectivity index (χ0) is 22.6. The van der Waals surface area contributed by atoms with Crippen molar-refractivity contribution in [3.8, 4) is 17.4 Å². The van der Waals surface area contributed by atoms with E-state index in [2.05, 4.69) is 39.4 Å². The topological polar surface area (TPSA) is 71.0 Å². The smallest absolute Gasteiger partial charge is 0.224 e. The highest BCUT2D eigenvalue weighted by Crippen LogP contribution is 2.25. The van der Waals surface area contributed by atoms with Crippen LogP contribution in [0.2, 0.25) is 0 Å². The van der Waals surface area contributed by atoms with Gasteiger partial charge in [-0.1, -0.05) is 19.9 Å². The molecular weight excluding hydrogens is 529 g/mol. The zero-order valence-corrected chi connectivity index (χ0v) is 22.4. The number of ether oxygens (including phenoxy) is 2. The number of nitrogens with zero attached hydrogens (tertiary/aromatic N) is 3. The molecule has 2 heterocycles. The Bertz CT molecular complexity index is 839. The van der Waals surface area contributed by atoms with Crippen molar-refractivity contribution < 1.29 is 9.47 Å². The van der Waals surface area contributed by atoms with Gasteiger partial charge in [0.15, 0.2) is 5.96 Å². The van der Waals surface area contributed by atoms with E-state index in [1.54, 1.807) is 6.20 Å². The zero-order valence-electron chi connectivity index (χ0n) is 20.0. The summed E-state index contributed by atoms with van der Waals surface area (Å²) in [5.74, 6) is 2.98. The van der Waals surface area contributed by atoms with Crippen molar-refractivity contribution in [3.05, 3.63) is 48.2 Å². The first-order valence-electron chi connectivity index (χ1n) is 11.8. The molecule has 1 aromatic heterocycles. The van der Waals surface area contributed by atoms with Gasteiger partial charge in [-0.2, -0.15) is 0 Å². The van der Waals surface area contributed by atoms with Gasteiger partial charge in [0.2, 0.25) is 5.88 Å². The summed E-state index contributed by atoms with van der Waals surface area (Å²) < 4.78 is 11.7. The number of likely N-dealkylation sites (tertiary alicyclic amines) is 1. The summed E-state index contributed by atoms with van der Waals surface area (Å²) in [6, 6.07) is 12.0. The first kappa shape index (κ1) is 27.2. The monoisotopic (exact) mass is 567 g/mol. The average molecular weight is 568 g/mol. The van der Waals surface area contributed by atoms with Crippen LogP contribution >= 0.6 is 24.0 Å². The van der Waals surface area contributed by atoms with Crippen molar-refractivity contribution in [2.24, 2.45) is 4.99 Å². The van der Waals surface area contributed by atoms with Crippen LogP contribution in [0, 0.1) is 0 Å². The fraction of sp³-hybridized carbons (Fsp3) is 0.520. The van der Waals surface area contributed by atoms with Gasteiger partial charge in [-0.25, -0.2) is 4.98 Å². The Hall–Kier alpha value is -2.07. The Kier molecular flexibility index (Phi) is 12.3. The number of rotatable bonds is 10. The largest absolute Gasteiger partial charge is 0.494 e. The predicted octanol–water partition coefficient (Wildman–Crippen LogP) is 4.82. The van der Waals surface area contributed by atoms with Crippen molar-refractivity contribution in [2.75, 3.05) is 33.3 Å². The molecule has 33 heavy (non-hydrogen) atoms. The second kappa shape index (κ2) is 15.0. The summed E-state index contributed by atoms with van der Waals surface area (Å²) in [6.45, 7) is 9.10. The SMILES string of the molecule is CCCOc1ccc(Oc2ncccc2CNC(=NC)NC2CCN(CCC)CC2)cc1.I. The molecular formula is C25H38IN5O2.